The second-order valence-electron chi connectivity index (χ2n) is 2.98. The first-order chi connectivity index (χ1) is 5.71. The zero-order valence-corrected chi connectivity index (χ0v) is 8.12. The van der Waals surface area contributed by atoms with Gasteiger partial charge in [-0.3, -0.25) is 4.79 Å². The van der Waals surface area contributed by atoms with Crippen LogP contribution in [0.25, 0.3) is 0 Å². The molecule has 0 amide bonds. The summed E-state index contributed by atoms with van der Waals surface area (Å²) in [5, 5.41) is 12.2. The lowest BCUT2D eigenvalue weighted by Crippen LogP contribution is -2.45. The maximum atomic E-state index is 11.0. The number of carboxylic acid groups (broad SMARTS) is 1. The average molecular weight is 189 g/mol. The summed E-state index contributed by atoms with van der Waals surface area (Å²) in [5.74, 6) is 0.239. The normalized spacial score (nSPS) is 22.1. The first-order valence-electron chi connectivity index (χ1n) is 4.29. The van der Waals surface area contributed by atoms with Crippen molar-refractivity contribution in [3.63, 3.8) is 0 Å². The summed E-state index contributed by atoms with van der Waals surface area (Å²) in [6.07, 6.45) is 1.50. The number of hydrogen-bond acceptors (Lipinski definition) is 3. The Kier molecular flexibility index (Phi) is 3.40. The van der Waals surface area contributed by atoms with E-state index in [1.54, 1.807) is 11.8 Å². The molecule has 1 aliphatic heterocycles. The molecule has 3 nitrogen and oxygen atoms in total. The van der Waals surface area contributed by atoms with Crippen LogP contribution in [0, 0.1) is 0 Å². The SMILES string of the molecule is CCSC1(C(=O)O)CCNCC1. The number of hydrogen-bond donors (Lipinski definition) is 2. The largest absolute Gasteiger partial charge is 0.480 e. The van der Waals surface area contributed by atoms with Gasteiger partial charge in [0, 0.05) is 0 Å². The van der Waals surface area contributed by atoms with E-state index in [0.29, 0.717) is 0 Å². The number of carboxylic acids is 1. The number of carbonyl (C=O) groups is 1. The van der Waals surface area contributed by atoms with E-state index in [2.05, 4.69) is 5.32 Å². The summed E-state index contributed by atoms with van der Waals surface area (Å²) in [6.45, 7) is 3.68. The summed E-state index contributed by atoms with van der Waals surface area (Å²) in [7, 11) is 0. The summed E-state index contributed by atoms with van der Waals surface area (Å²) >= 11 is 1.57. The highest BCUT2D eigenvalue weighted by atomic mass is 32.2. The minimum Gasteiger partial charge on any atom is -0.480 e. The highest BCUT2D eigenvalue weighted by Gasteiger charge is 2.39. The van der Waals surface area contributed by atoms with E-state index in [9.17, 15) is 4.79 Å². The molecule has 1 aliphatic rings. The van der Waals surface area contributed by atoms with Crippen LogP contribution in [0.4, 0.5) is 0 Å². The molecule has 4 heteroatoms. The van der Waals surface area contributed by atoms with E-state index in [0.717, 1.165) is 31.7 Å². The number of thioether (sulfide) groups is 1. The average Bonchev–Trinajstić information content (AvgIpc) is 2.06. The van der Waals surface area contributed by atoms with Crippen LogP contribution in [0.3, 0.4) is 0 Å². The molecule has 1 rings (SSSR count). The van der Waals surface area contributed by atoms with Crippen molar-refractivity contribution in [1.82, 2.24) is 5.32 Å². The molecule has 70 valence electrons. The molecule has 0 aromatic carbocycles. The minimum atomic E-state index is -0.643. The first-order valence-corrected chi connectivity index (χ1v) is 5.28. The molecule has 12 heavy (non-hydrogen) atoms. The van der Waals surface area contributed by atoms with Gasteiger partial charge in [0.15, 0.2) is 0 Å². The molecule has 1 heterocycles. The van der Waals surface area contributed by atoms with E-state index < -0.39 is 10.7 Å². The molecule has 0 bridgehead atoms. The van der Waals surface area contributed by atoms with Gasteiger partial charge < -0.3 is 10.4 Å². The Morgan fingerprint density at radius 3 is 2.58 bits per heavy atom. The van der Waals surface area contributed by atoms with Crippen LogP contribution in [0.15, 0.2) is 0 Å². The fraction of sp³-hybridized carbons (Fsp3) is 0.875. The van der Waals surface area contributed by atoms with Crippen molar-refractivity contribution in [1.29, 1.82) is 0 Å². The van der Waals surface area contributed by atoms with Gasteiger partial charge in [-0.05, 0) is 31.7 Å². The van der Waals surface area contributed by atoms with Gasteiger partial charge in [0.25, 0.3) is 0 Å². The van der Waals surface area contributed by atoms with Crippen LogP contribution in [-0.4, -0.2) is 34.7 Å². The molecule has 1 fully saturated rings. The van der Waals surface area contributed by atoms with Gasteiger partial charge in [0.2, 0.25) is 0 Å². The van der Waals surface area contributed by atoms with E-state index >= 15 is 0 Å². The number of rotatable bonds is 3. The standard InChI is InChI=1S/C8H15NO2S/c1-2-12-8(7(10)11)3-5-9-6-4-8/h9H,2-6H2,1H3,(H,10,11). The van der Waals surface area contributed by atoms with Gasteiger partial charge in [0.05, 0.1) is 0 Å². The molecule has 0 saturated carbocycles. The van der Waals surface area contributed by atoms with Crippen LogP contribution in [0.2, 0.25) is 0 Å². The summed E-state index contributed by atoms with van der Waals surface area (Å²) in [5.41, 5.74) is 0. The fourth-order valence-corrected chi connectivity index (χ4v) is 2.70. The molecule has 2 N–H and O–H groups in total. The second kappa shape index (κ2) is 4.14. The molecular formula is C8H15NO2S. The Morgan fingerprint density at radius 1 is 1.58 bits per heavy atom. The molecule has 0 aromatic rings. The van der Waals surface area contributed by atoms with Crippen molar-refractivity contribution in [2.24, 2.45) is 0 Å². The summed E-state index contributed by atoms with van der Waals surface area (Å²) in [4.78, 5) is 11.0. The predicted molar refractivity (Wildman–Crippen MR) is 50.6 cm³/mol. The first kappa shape index (κ1) is 9.86. The smallest absolute Gasteiger partial charge is 0.319 e. The van der Waals surface area contributed by atoms with Crippen LogP contribution in [0.1, 0.15) is 19.8 Å². The lowest BCUT2D eigenvalue weighted by atomic mass is 9.97. The topological polar surface area (TPSA) is 49.3 Å². The maximum Gasteiger partial charge on any atom is 0.319 e. The Morgan fingerprint density at radius 2 is 2.17 bits per heavy atom. The number of aliphatic carboxylic acids is 1. The van der Waals surface area contributed by atoms with Crippen molar-refractivity contribution < 1.29 is 9.90 Å². The van der Waals surface area contributed by atoms with E-state index in [1.807, 2.05) is 6.92 Å². The van der Waals surface area contributed by atoms with Crippen molar-refractivity contribution in [3.8, 4) is 0 Å². The van der Waals surface area contributed by atoms with Gasteiger partial charge in [0.1, 0.15) is 4.75 Å². The van der Waals surface area contributed by atoms with E-state index in [-0.39, 0.29) is 0 Å². The quantitative estimate of drug-likeness (QED) is 0.694. The van der Waals surface area contributed by atoms with Crippen LogP contribution >= 0.6 is 11.8 Å². The molecule has 0 unspecified atom stereocenters. The minimum absolute atomic E-state index is 0.500. The molecule has 0 radical (unpaired) electrons. The highest BCUT2D eigenvalue weighted by molar-refractivity contribution is 8.01. The molecule has 0 aromatic heterocycles. The Hall–Kier alpha value is -0.220. The number of nitrogens with one attached hydrogen (secondary N) is 1. The van der Waals surface area contributed by atoms with Crippen LogP contribution in [-0.2, 0) is 4.79 Å². The monoisotopic (exact) mass is 189 g/mol. The van der Waals surface area contributed by atoms with E-state index in [4.69, 9.17) is 5.11 Å². The molecular weight excluding hydrogens is 174 g/mol. The Balaban J connectivity index is 2.63. The van der Waals surface area contributed by atoms with Gasteiger partial charge >= 0.3 is 5.97 Å². The third-order valence-corrected chi connectivity index (χ3v) is 3.65. The zero-order valence-electron chi connectivity index (χ0n) is 7.30. The Labute approximate surface area is 76.9 Å². The van der Waals surface area contributed by atoms with Crippen LogP contribution in [0.5, 0.6) is 0 Å². The van der Waals surface area contributed by atoms with Crippen LogP contribution < -0.4 is 5.32 Å². The molecule has 0 spiro atoms. The fourth-order valence-electron chi connectivity index (χ4n) is 1.53. The molecule has 0 aliphatic carbocycles. The van der Waals surface area contributed by atoms with Crippen molar-refractivity contribution >= 4 is 17.7 Å². The predicted octanol–water partition coefficient (Wildman–Crippen LogP) is 0.946. The molecule has 0 atom stereocenters. The maximum absolute atomic E-state index is 11.0. The second-order valence-corrected chi connectivity index (χ2v) is 4.63. The summed E-state index contributed by atoms with van der Waals surface area (Å²) in [6, 6.07) is 0. The lowest BCUT2D eigenvalue weighted by molar-refractivity contribution is -0.140. The zero-order chi connectivity index (χ0) is 9.03. The van der Waals surface area contributed by atoms with Crippen molar-refractivity contribution in [3.05, 3.63) is 0 Å². The van der Waals surface area contributed by atoms with Gasteiger partial charge in [-0.2, -0.15) is 0 Å². The highest BCUT2D eigenvalue weighted by Crippen LogP contribution is 2.34. The third kappa shape index (κ3) is 1.93. The lowest BCUT2D eigenvalue weighted by Gasteiger charge is -2.32. The van der Waals surface area contributed by atoms with Crippen molar-refractivity contribution in [2.75, 3.05) is 18.8 Å². The van der Waals surface area contributed by atoms with Crippen molar-refractivity contribution in [2.45, 2.75) is 24.5 Å². The Bertz CT molecular complexity index is 161. The summed E-state index contributed by atoms with van der Waals surface area (Å²) < 4.78 is -0.500. The molecule has 1 saturated heterocycles. The number of piperidine rings is 1. The van der Waals surface area contributed by atoms with Gasteiger partial charge in [-0.1, -0.05) is 6.92 Å². The van der Waals surface area contributed by atoms with E-state index in [1.165, 1.54) is 0 Å². The third-order valence-electron chi connectivity index (χ3n) is 2.22. The van der Waals surface area contributed by atoms with Gasteiger partial charge in [-0.25, -0.2) is 0 Å². The van der Waals surface area contributed by atoms with Gasteiger partial charge in [-0.15, -0.1) is 11.8 Å².